The number of nitrogens with zero attached hydrogens (tertiary/aromatic N) is 4. The molecule has 25 heavy (non-hydrogen) atoms. The summed E-state index contributed by atoms with van der Waals surface area (Å²) in [4.78, 5) is 40.9. The predicted octanol–water partition coefficient (Wildman–Crippen LogP) is 0.512. The van der Waals surface area contributed by atoms with Gasteiger partial charge in [-0.3, -0.25) is 18.7 Å². The minimum absolute atomic E-state index is 0.0225. The van der Waals surface area contributed by atoms with E-state index in [4.69, 9.17) is 0 Å². The number of carbonyl (C=O) groups is 1. The molecule has 136 valence electrons. The molecular weight excluding hydrogens is 342 g/mol. The van der Waals surface area contributed by atoms with Crippen LogP contribution in [-0.4, -0.2) is 36.4 Å². The topological polar surface area (TPSA) is 90.9 Å². The molecule has 0 aliphatic heterocycles. The van der Waals surface area contributed by atoms with Gasteiger partial charge in [0.2, 0.25) is 5.91 Å². The van der Waals surface area contributed by atoms with Crippen molar-refractivity contribution in [1.29, 1.82) is 0 Å². The normalized spacial score (nSPS) is 15.6. The molecule has 0 unspecified atom stereocenters. The van der Waals surface area contributed by atoms with E-state index in [2.05, 4.69) is 10.3 Å². The van der Waals surface area contributed by atoms with Gasteiger partial charge >= 0.3 is 5.69 Å². The average Bonchev–Trinajstić information content (AvgIpc) is 2.94. The first kappa shape index (κ1) is 17.8. The molecule has 0 atom stereocenters. The Morgan fingerprint density at radius 3 is 2.48 bits per heavy atom. The van der Waals surface area contributed by atoms with E-state index in [0.717, 1.165) is 17.4 Å². The van der Waals surface area contributed by atoms with Gasteiger partial charge in [-0.2, -0.15) is 0 Å². The summed E-state index contributed by atoms with van der Waals surface area (Å²) in [6, 6.07) is 0.274. The van der Waals surface area contributed by atoms with E-state index in [9.17, 15) is 14.4 Å². The summed E-state index contributed by atoms with van der Waals surface area (Å²) in [6.07, 6.45) is 5.66. The van der Waals surface area contributed by atoms with Gasteiger partial charge in [0.15, 0.2) is 16.3 Å². The minimum Gasteiger partial charge on any atom is -0.353 e. The maximum Gasteiger partial charge on any atom is 0.332 e. The van der Waals surface area contributed by atoms with Crippen molar-refractivity contribution < 1.29 is 4.79 Å². The number of aromatic nitrogens is 4. The quantitative estimate of drug-likeness (QED) is 0.798. The number of hydrogen-bond acceptors (Lipinski definition) is 5. The van der Waals surface area contributed by atoms with E-state index in [0.29, 0.717) is 16.3 Å². The highest BCUT2D eigenvalue weighted by atomic mass is 32.2. The third-order valence-electron chi connectivity index (χ3n) is 4.74. The van der Waals surface area contributed by atoms with E-state index in [1.807, 2.05) is 0 Å². The van der Waals surface area contributed by atoms with Crippen LogP contribution in [0.1, 0.15) is 32.1 Å². The Morgan fingerprint density at radius 1 is 1.12 bits per heavy atom. The highest BCUT2D eigenvalue weighted by molar-refractivity contribution is 7.99. The monoisotopic (exact) mass is 365 g/mol. The van der Waals surface area contributed by atoms with E-state index in [1.54, 1.807) is 18.7 Å². The molecule has 8 nitrogen and oxygen atoms in total. The predicted molar refractivity (Wildman–Crippen MR) is 96.9 cm³/mol. The van der Waals surface area contributed by atoms with Crippen LogP contribution in [0, 0.1) is 0 Å². The Kier molecular flexibility index (Phi) is 5.03. The maximum atomic E-state index is 12.3. The number of aryl methyl sites for hydroxylation is 2. The third-order valence-corrected chi connectivity index (χ3v) is 5.77. The van der Waals surface area contributed by atoms with Gasteiger partial charge in [0.25, 0.3) is 5.56 Å². The molecule has 9 heteroatoms. The van der Waals surface area contributed by atoms with Crippen LogP contribution in [0.15, 0.2) is 14.7 Å². The van der Waals surface area contributed by atoms with E-state index in [1.165, 1.54) is 42.6 Å². The molecule has 3 rings (SSSR count). The second-order valence-corrected chi connectivity index (χ2v) is 7.46. The van der Waals surface area contributed by atoms with Gasteiger partial charge in [0.05, 0.1) is 5.75 Å². The molecular formula is C16H23N5O3S. The fourth-order valence-electron chi connectivity index (χ4n) is 3.27. The Labute approximate surface area is 149 Å². The fraction of sp³-hybridized carbons (Fsp3) is 0.625. The second kappa shape index (κ2) is 7.07. The van der Waals surface area contributed by atoms with Crippen molar-refractivity contribution in [2.45, 2.75) is 43.3 Å². The lowest BCUT2D eigenvalue weighted by molar-refractivity contribution is -0.119. The van der Waals surface area contributed by atoms with Gasteiger partial charge < -0.3 is 9.88 Å². The van der Waals surface area contributed by atoms with Gasteiger partial charge in [-0.1, -0.05) is 31.0 Å². The molecule has 1 aliphatic rings. The summed E-state index contributed by atoms with van der Waals surface area (Å²) in [6.45, 7) is 0. The molecule has 1 aliphatic carbocycles. The number of imidazole rings is 1. The Morgan fingerprint density at radius 2 is 1.80 bits per heavy atom. The van der Waals surface area contributed by atoms with Gasteiger partial charge in [-0.05, 0) is 12.8 Å². The van der Waals surface area contributed by atoms with Gasteiger partial charge in [0.1, 0.15) is 0 Å². The molecule has 1 amide bonds. The highest BCUT2D eigenvalue weighted by Gasteiger charge is 2.19. The average molecular weight is 365 g/mol. The Bertz CT molecular complexity index is 920. The first-order chi connectivity index (χ1) is 11.9. The summed E-state index contributed by atoms with van der Waals surface area (Å²) in [5, 5.41) is 3.61. The fourth-order valence-corrected chi connectivity index (χ4v) is 4.05. The van der Waals surface area contributed by atoms with Gasteiger partial charge in [-0.15, -0.1) is 0 Å². The van der Waals surface area contributed by atoms with Crippen LogP contribution in [0.2, 0.25) is 0 Å². The standard InChI is InChI=1S/C16H23N5O3S/c1-19-12-13(20(2)16(24)21(3)14(12)23)18-15(19)25-9-11(22)17-10-7-5-4-6-8-10/h10H,4-9H2,1-3H3,(H,17,22). The summed E-state index contributed by atoms with van der Waals surface area (Å²) in [7, 11) is 4.76. The number of rotatable bonds is 4. The lowest BCUT2D eigenvalue weighted by atomic mass is 9.95. The molecule has 0 bridgehead atoms. The molecule has 1 saturated carbocycles. The van der Waals surface area contributed by atoms with Crippen molar-refractivity contribution >= 4 is 28.8 Å². The molecule has 1 N–H and O–H groups in total. The van der Waals surface area contributed by atoms with Gasteiger partial charge in [0, 0.05) is 27.2 Å². The number of amides is 1. The molecule has 2 aromatic heterocycles. The second-order valence-electron chi connectivity index (χ2n) is 6.52. The van der Waals surface area contributed by atoms with E-state index >= 15 is 0 Å². The molecule has 0 spiro atoms. The summed E-state index contributed by atoms with van der Waals surface area (Å²) in [5.41, 5.74) is -0.0978. The zero-order chi connectivity index (χ0) is 18.1. The zero-order valence-electron chi connectivity index (χ0n) is 14.7. The van der Waals surface area contributed by atoms with Crippen LogP contribution >= 0.6 is 11.8 Å². The van der Waals surface area contributed by atoms with Crippen LogP contribution in [0.3, 0.4) is 0 Å². The molecule has 2 aromatic rings. The van der Waals surface area contributed by atoms with Crippen LogP contribution in [0.5, 0.6) is 0 Å². The number of nitrogens with one attached hydrogen (secondary N) is 1. The summed E-state index contributed by atoms with van der Waals surface area (Å²) in [5.74, 6) is 0.216. The Balaban J connectivity index is 1.78. The lowest BCUT2D eigenvalue weighted by Crippen LogP contribution is -2.37. The van der Waals surface area contributed by atoms with Crippen LogP contribution in [0.25, 0.3) is 11.2 Å². The zero-order valence-corrected chi connectivity index (χ0v) is 15.6. The SMILES string of the molecule is Cn1c(=O)c2c(nc(SCC(=O)NC3CCCCC3)n2C)n(C)c1=O. The Hall–Kier alpha value is -2.03. The molecule has 0 aromatic carbocycles. The van der Waals surface area contributed by atoms with Crippen molar-refractivity contribution in [3.05, 3.63) is 20.8 Å². The third kappa shape index (κ3) is 3.37. The first-order valence-corrected chi connectivity index (χ1v) is 9.43. The molecule has 0 saturated heterocycles. The van der Waals surface area contributed by atoms with Crippen molar-refractivity contribution in [1.82, 2.24) is 24.0 Å². The smallest absolute Gasteiger partial charge is 0.332 e. The molecule has 2 heterocycles. The van der Waals surface area contributed by atoms with Crippen LogP contribution < -0.4 is 16.6 Å². The van der Waals surface area contributed by atoms with E-state index in [-0.39, 0.29) is 23.3 Å². The number of thioether (sulfide) groups is 1. The number of fused-ring (bicyclic) bond motifs is 1. The maximum absolute atomic E-state index is 12.3. The summed E-state index contributed by atoms with van der Waals surface area (Å²) < 4.78 is 4.06. The molecule has 0 radical (unpaired) electrons. The van der Waals surface area contributed by atoms with Crippen molar-refractivity contribution in [3.8, 4) is 0 Å². The number of hydrogen-bond donors (Lipinski definition) is 1. The number of carbonyl (C=O) groups excluding carboxylic acids is 1. The molecule has 1 fully saturated rings. The van der Waals surface area contributed by atoms with E-state index < -0.39 is 5.69 Å². The van der Waals surface area contributed by atoms with Crippen molar-refractivity contribution in [2.24, 2.45) is 21.1 Å². The highest BCUT2D eigenvalue weighted by Crippen LogP contribution is 2.21. The van der Waals surface area contributed by atoms with Crippen molar-refractivity contribution in [3.63, 3.8) is 0 Å². The summed E-state index contributed by atoms with van der Waals surface area (Å²) >= 11 is 1.27. The van der Waals surface area contributed by atoms with Crippen molar-refractivity contribution in [2.75, 3.05) is 5.75 Å². The first-order valence-electron chi connectivity index (χ1n) is 8.44. The van der Waals surface area contributed by atoms with Crippen LogP contribution in [-0.2, 0) is 25.9 Å². The van der Waals surface area contributed by atoms with Crippen LogP contribution in [0.4, 0.5) is 0 Å². The largest absolute Gasteiger partial charge is 0.353 e. The lowest BCUT2D eigenvalue weighted by Gasteiger charge is -2.22. The van der Waals surface area contributed by atoms with Gasteiger partial charge in [-0.25, -0.2) is 9.78 Å². The minimum atomic E-state index is -0.415.